The van der Waals surface area contributed by atoms with Gasteiger partial charge in [-0.05, 0) is 34.4 Å². The maximum atomic E-state index is 13.0. The average Bonchev–Trinajstić information content (AvgIpc) is 2.68. The summed E-state index contributed by atoms with van der Waals surface area (Å²) in [7, 11) is 0. The van der Waals surface area contributed by atoms with Gasteiger partial charge >= 0.3 is 6.18 Å². The molecule has 2 aromatic rings. The van der Waals surface area contributed by atoms with Crippen LogP contribution in [-0.4, -0.2) is 0 Å². The van der Waals surface area contributed by atoms with E-state index >= 15 is 0 Å². The molecule has 1 nitrogen and oxygen atoms in total. The van der Waals surface area contributed by atoms with E-state index in [0.717, 1.165) is 11.6 Å². The molecule has 3 rings (SSSR count). The zero-order valence-corrected chi connectivity index (χ0v) is 9.38. The Balaban J connectivity index is 2.35. The average molecular weight is 249 g/mol. The van der Waals surface area contributed by atoms with Crippen LogP contribution in [0.3, 0.4) is 0 Å². The highest BCUT2D eigenvalue weighted by molar-refractivity contribution is 5.84. The summed E-state index contributed by atoms with van der Waals surface area (Å²) in [5.74, 6) is 0. The van der Waals surface area contributed by atoms with Crippen molar-refractivity contribution in [1.82, 2.24) is 0 Å². The first kappa shape index (κ1) is 11.1. The molecule has 0 aromatic heterocycles. The van der Waals surface area contributed by atoms with Gasteiger partial charge in [0.15, 0.2) is 0 Å². The van der Waals surface area contributed by atoms with E-state index in [1.165, 1.54) is 6.07 Å². The van der Waals surface area contributed by atoms with Gasteiger partial charge in [0.2, 0.25) is 0 Å². The number of fused-ring (bicyclic) bond motifs is 3. The third kappa shape index (κ3) is 1.49. The second-order valence-corrected chi connectivity index (χ2v) is 4.39. The SMILES string of the molecule is Nc1ccc(C(F)(F)F)c2c1Cc1ccccc1-2. The lowest BCUT2D eigenvalue weighted by Gasteiger charge is -2.14. The summed E-state index contributed by atoms with van der Waals surface area (Å²) in [4.78, 5) is 0. The first-order valence-electron chi connectivity index (χ1n) is 5.55. The van der Waals surface area contributed by atoms with Gasteiger partial charge in [-0.1, -0.05) is 24.3 Å². The fourth-order valence-electron chi connectivity index (χ4n) is 2.51. The molecule has 0 spiro atoms. The Bertz CT molecular complexity index is 629. The van der Waals surface area contributed by atoms with Crippen molar-refractivity contribution in [2.45, 2.75) is 12.6 Å². The zero-order valence-electron chi connectivity index (χ0n) is 9.38. The lowest BCUT2D eigenvalue weighted by molar-refractivity contribution is -0.137. The van der Waals surface area contributed by atoms with Crippen LogP contribution in [0, 0.1) is 0 Å². The Morgan fingerprint density at radius 2 is 1.72 bits per heavy atom. The smallest absolute Gasteiger partial charge is 0.398 e. The molecule has 4 heteroatoms. The zero-order chi connectivity index (χ0) is 12.9. The summed E-state index contributed by atoms with van der Waals surface area (Å²) in [5, 5.41) is 0. The second-order valence-electron chi connectivity index (χ2n) is 4.39. The molecule has 2 aromatic carbocycles. The first-order chi connectivity index (χ1) is 8.48. The fourth-order valence-corrected chi connectivity index (χ4v) is 2.51. The van der Waals surface area contributed by atoms with E-state index in [4.69, 9.17) is 5.73 Å². The predicted octanol–water partition coefficient (Wildman–Crippen LogP) is 3.86. The molecule has 2 N–H and O–H groups in total. The van der Waals surface area contributed by atoms with Crippen LogP contribution < -0.4 is 5.73 Å². The van der Waals surface area contributed by atoms with Gasteiger partial charge in [-0.3, -0.25) is 0 Å². The summed E-state index contributed by atoms with van der Waals surface area (Å²) in [6, 6.07) is 9.54. The van der Waals surface area contributed by atoms with Crippen molar-refractivity contribution in [3.05, 3.63) is 53.1 Å². The lowest BCUT2D eigenvalue weighted by Crippen LogP contribution is -2.08. The van der Waals surface area contributed by atoms with Crippen LogP contribution in [0.2, 0.25) is 0 Å². The largest absolute Gasteiger partial charge is 0.417 e. The van der Waals surface area contributed by atoms with Gasteiger partial charge in [0.1, 0.15) is 0 Å². The van der Waals surface area contributed by atoms with E-state index in [9.17, 15) is 13.2 Å². The van der Waals surface area contributed by atoms with Gasteiger partial charge in [-0.25, -0.2) is 0 Å². The van der Waals surface area contributed by atoms with Crippen LogP contribution in [0.5, 0.6) is 0 Å². The van der Waals surface area contributed by atoms with Gasteiger partial charge in [-0.15, -0.1) is 0 Å². The molecule has 0 unspecified atom stereocenters. The quantitative estimate of drug-likeness (QED) is 0.601. The number of benzene rings is 2. The predicted molar refractivity (Wildman–Crippen MR) is 64.1 cm³/mol. The van der Waals surface area contributed by atoms with Crippen LogP contribution in [0.4, 0.5) is 18.9 Å². The molecule has 0 radical (unpaired) electrons. The van der Waals surface area contributed by atoms with E-state index in [0.29, 0.717) is 23.2 Å². The Morgan fingerprint density at radius 1 is 1.00 bits per heavy atom. The maximum absolute atomic E-state index is 13.0. The summed E-state index contributed by atoms with van der Waals surface area (Å²) in [5.41, 5.74) is 8.00. The van der Waals surface area contributed by atoms with Crippen molar-refractivity contribution < 1.29 is 13.2 Å². The van der Waals surface area contributed by atoms with E-state index in [1.807, 2.05) is 12.1 Å². The van der Waals surface area contributed by atoms with Crippen molar-refractivity contribution in [2.75, 3.05) is 5.73 Å². The standard InChI is InChI=1S/C14H10F3N/c15-14(16,17)11-5-6-12(18)10-7-8-3-1-2-4-9(8)13(10)11/h1-6H,7,18H2. The highest BCUT2D eigenvalue weighted by Gasteiger charge is 2.37. The summed E-state index contributed by atoms with van der Waals surface area (Å²) < 4.78 is 39.1. The van der Waals surface area contributed by atoms with Crippen molar-refractivity contribution in [2.24, 2.45) is 0 Å². The summed E-state index contributed by atoms with van der Waals surface area (Å²) >= 11 is 0. The number of nitrogens with two attached hydrogens (primary N) is 1. The molecule has 1 aliphatic carbocycles. The molecule has 0 aliphatic heterocycles. The minimum atomic E-state index is -4.35. The number of hydrogen-bond acceptors (Lipinski definition) is 1. The van der Waals surface area contributed by atoms with Gasteiger partial charge in [0.05, 0.1) is 5.56 Å². The Morgan fingerprint density at radius 3 is 2.44 bits per heavy atom. The molecule has 0 amide bonds. The molecule has 18 heavy (non-hydrogen) atoms. The molecule has 0 bridgehead atoms. The molecule has 0 saturated carbocycles. The van der Waals surface area contributed by atoms with Crippen LogP contribution in [0.15, 0.2) is 36.4 Å². The van der Waals surface area contributed by atoms with Crippen molar-refractivity contribution in [3.63, 3.8) is 0 Å². The Kier molecular flexibility index (Phi) is 2.17. The highest BCUT2D eigenvalue weighted by Crippen LogP contribution is 2.46. The van der Waals surface area contributed by atoms with Crippen LogP contribution in [-0.2, 0) is 12.6 Å². The van der Waals surface area contributed by atoms with Crippen molar-refractivity contribution in [3.8, 4) is 11.1 Å². The number of hydrogen-bond donors (Lipinski definition) is 1. The molecule has 1 aliphatic rings. The molecule has 92 valence electrons. The normalized spacial score (nSPS) is 13.3. The first-order valence-corrected chi connectivity index (χ1v) is 5.55. The van der Waals surface area contributed by atoms with E-state index in [2.05, 4.69) is 0 Å². The maximum Gasteiger partial charge on any atom is 0.417 e. The number of nitrogen functional groups attached to an aromatic ring is 1. The third-order valence-electron chi connectivity index (χ3n) is 3.31. The third-order valence-corrected chi connectivity index (χ3v) is 3.31. The molecule has 0 fully saturated rings. The Labute approximate surface area is 102 Å². The Hall–Kier alpha value is -1.97. The van der Waals surface area contributed by atoms with E-state index in [-0.39, 0.29) is 5.56 Å². The molecule has 0 saturated heterocycles. The van der Waals surface area contributed by atoms with Crippen LogP contribution in [0.25, 0.3) is 11.1 Å². The summed E-state index contributed by atoms with van der Waals surface area (Å²) in [6.45, 7) is 0. The summed E-state index contributed by atoms with van der Waals surface area (Å²) in [6.07, 6.45) is -3.88. The van der Waals surface area contributed by atoms with Crippen LogP contribution >= 0.6 is 0 Å². The molecular weight excluding hydrogens is 239 g/mol. The van der Waals surface area contributed by atoms with Gasteiger partial charge in [0, 0.05) is 12.1 Å². The van der Waals surface area contributed by atoms with Gasteiger partial charge in [-0.2, -0.15) is 13.2 Å². The fraction of sp³-hybridized carbons (Fsp3) is 0.143. The topological polar surface area (TPSA) is 26.0 Å². The number of anilines is 1. The van der Waals surface area contributed by atoms with Crippen molar-refractivity contribution in [1.29, 1.82) is 0 Å². The minimum absolute atomic E-state index is 0.248. The number of halogens is 3. The highest BCUT2D eigenvalue weighted by atomic mass is 19.4. The van der Waals surface area contributed by atoms with Crippen LogP contribution in [0.1, 0.15) is 16.7 Å². The van der Waals surface area contributed by atoms with Crippen molar-refractivity contribution >= 4 is 5.69 Å². The van der Waals surface area contributed by atoms with E-state index < -0.39 is 11.7 Å². The number of rotatable bonds is 0. The molecule has 0 atom stereocenters. The monoisotopic (exact) mass is 249 g/mol. The molecule has 0 heterocycles. The van der Waals surface area contributed by atoms with E-state index in [1.54, 1.807) is 12.1 Å². The molecular formula is C14H10F3N. The second kappa shape index (κ2) is 3.51. The number of alkyl halides is 3. The lowest BCUT2D eigenvalue weighted by atomic mass is 9.98. The minimum Gasteiger partial charge on any atom is -0.398 e. The van der Waals surface area contributed by atoms with Gasteiger partial charge < -0.3 is 5.73 Å². The van der Waals surface area contributed by atoms with Gasteiger partial charge in [0.25, 0.3) is 0 Å².